The van der Waals surface area contributed by atoms with Crippen LogP contribution in [0, 0.1) is 20.8 Å². The van der Waals surface area contributed by atoms with Crippen molar-refractivity contribution in [3.05, 3.63) is 179 Å². The van der Waals surface area contributed by atoms with E-state index in [1.165, 1.54) is 17.8 Å². The van der Waals surface area contributed by atoms with Gasteiger partial charge in [0.25, 0.3) is 11.8 Å². The van der Waals surface area contributed by atoms with Crippen LogP contribution in [-0.2, 0) is 9.59 Å². The number of carbonyl (C=O) groups is 3. The Morgan fingerprint density at radius 3 is 2.04 bits per heavy atom. The largest absolute Gasteiger partial charge is 0.457 e. The highest BCUT2D eigenvalue weighted by molar-refractivity contribution is 8.00. The molecule has 0 saturated heterocycles. The van der Waals surface area contributed by atoms with Gasteiger partial charge in [0.15, 0.2) is 0 Å². The van der Waals surface area contributed by atoms with E-state index >= 15 is 0 Å². The predicted octanol–water partition coefficient (Wildman–Crippen LogP) is 9.75. The van der Waals surface area contributed by atoms with Crippen LogP contribution in [0.3, 0.4) is 0 Å². The van der Waals surface area contributed by atoms with Crippen LogP contribution in [0.15, 0.2) is 155 Å². The van der Waals surface area contributed by atoms with Gasteiger partial charge in [-0.3, -0.25) is 14.4 Å². The molecular weight excluding hydrogens is 655 g/mol. The molecule has 0 fully saturated rings. The molecule has 3 amide bonds. The Bertz CT molecular complexity index is 2180. The minimum atomic E-state index is -0.525. The van der Waals surface area contributed by atoms with Crippen LogP contribution in [-0.4, -0.2) is 17.7 Å². The number of benzene rings is 5. The van der Waals surface area contributed by atoms with E-state index in [9.17, 15) is 14.4 Å². The minimum absolute atomic E-state index is 0.0133. The van der Waals surface area contributed by atoms with Crippen molar-refractivity contribution in [3.63, 3.8) is 0 Å². The first-order chi connectivity index (χ1) is 24.7. The molecule has 0 radical (unpaired) electrons. The van der Waals surface area contributed by atoms with Gasteiger partial charge in [-0.2, -0.15) is 0 Å². The molecule has 254 valence electrons. The monoisotopic (exact) mass is 691 g/mol. The molecule has 6 rings (SSSR count). The topological polar surface area (TPSA) is 100 Å². The van der Waals surface area contributed by atoms with E-state index in [1.807, 2.05) is 118 Å². The third-order valence-corrected chi connectivity index (χ3v) is 9.39. The lowest BCUT2D eigenvalue weighted by Gasteiger charge is -2.18. The zero-order valence-electron chi connectivity index (χ0n) is 28.5. The third kappa shape index (κ3) is 9.12. The molecule has 6 aromatic rings. The smallest absolute Gasteiger partial charge is 0.272 e. The molecule has 7 nitrogen and oxygen atoms in total. The molecule has 8 heteroatoms. The standard InChI is InChI=1S/C43H37N3O4S/c1-28-14-17-31(18-15-28)39-25-21-35(50-39)27-38(46-41(47)33-12-8-5-9-13-33)42(48)44-34-19-22-36(23-20-34)51-40(32-10-6-4-7-11-32)43(49)45-37-24-16-29(2)26-30(37)3/h4-27,40H,1-3H3,(H,44,48)(H,45,49)(H,46,47)/b38-27-/t40-/m1/s1. The van der Waals surface area contributed by atoms with Crippen molar-refractivity contribution < 1.29 is 18.8 Å². The Labute approximate surface area is 301 Å². The maximum Gasteiger partial charge on any atom is 0.272 e. The van der Waals surface area contributed by atoms with Crippen molar-refractivity contribution in [2.75, 3.05) is 10.6 Å². The fraction of sp³-hybridized carbons (Fsp3) is 0.0930. The van der Waals surface area contributed by atoms with Gasteiger partial charge in [-0.25, -0.2) is 0 Å². The summed E-state index contributed by atoms with van der Waals surface area (Å²) in [6, 6.07) is 43.0. The summed E-state index contributed by atoms with van der Waals surface area (Å²) in [7, 11) is 0. The first-order valence-corrected chi connectivity index (χ1v) is 17.4. The third-order valence-electron chi connectivity index (χ3n) is 8.12. The van der Waals surface area contributed by atoms with Crippen LogP contribution < -0.4 is 16.0 Å². The Morgan fingerprint density at radius 1 is 0.686 bits per heavy atom. The molecule has 0 unspecified atom stereocenters. The fourth-order valence-corrected chi connectivity index (χ4v) is 6.42. The van der Waals surface area contributed by atoms with Crippen molar-refractivity contribution in [1.29, 1.82) is 0 Å². The fourth-order valence-electron chi connectivity index (χ4n) is 5.39. The number of carbonyl (C=O) groups excluding carboxylic acids is 3. The number of furan rings is 1. The molecule has 1 aromatic heterocycles. The first kappa shape index (κ1) is 34.7. The van der Waals surface area contributed by atoms with E-state index in [1.54, 1.807) is 42.5 Å². The van der Waals surface area contributed by atoms with Crippen LogP contribution in [0.1, 0.15) is 43.6 Å². The van der Waals surface area contributed by atoms with Crippen molar-refractivity contribution in [2.45, 2.75) is 30.9 Å². The van der Waals surface area contributed by atoms with Gasteiger partial charge >= 0.3 is 0 Å². The van der Waals surface area contributed by atoms with E-state index in [0.29, 0.717) is 22.8 Å². The SMILES string of the molecule is Cc1ccc(-c2ccc(/C=C(\NC(=O)c3ccccc3)C(=O)Nc3ccc(S[C@@H](C(=O)Nc4ccc(C)cc4C)c4ccccc4)cc3)o2)cc1. The number of aryl methyl sites for hydroxylation is 3. The van der Waals surface area contributed by atoms with E-state index < -0.39 is 17.1 Å². The number of nitrogens with one attached hydrogen (secondary N) is 3. The van der Waals surface area contributed by atoms with Crippen molar-refractivity contribution in [2.24, 2.45) is 0 Å². The van der Waals surface area contributed by atoms with Gasteiger partial charge in [-0.05, 0) is 86.5 Å². The highest BCUT2D eigenvalue weighted by atomic mass is 32.2. The van der Waals surface area contributed by atoms with E-state index in [2.05, 4.69) is 16.0 Å². The average molecular weight is 692 g/mol. The molecular formula is C43H37N3O4S. The molecule has 1 atom stereocenters. The molecule has 1 heterocycles. The first-order valence-electron chi connectivity index (χ1n) is 16.5. The number of hydrogen-bond donors (Lipinski definition) is 3. The molecule has 0 aliphatic heterocycles. The average Bonchev–Trinajstić information content (AvgIpc) is 3.61. The number of rotatable bonds is 11. The molecule has 51 heavy (non-hydrogen) atoms. The lowest BCUT2D eigenvalue weighted by atomic mass is 10.1. The second kappa shape index (κ2) is 16.1. The van der Waals surface area contributed by atoms with Gasteiger partial charge in [0.1, 0.15) is 22.5 Å². The molecule has 3 N–H and O–H groups in total. The molecule has 0 saturated carbocycles. The molecule has 0 aliphatic rings. The number of amides is 3. The summed E-state index contributed by atoms with van der Waals surface area (Å²) in [6.07, 6.45) is 1.51. The van der Waals surface area contributed by atoms with E-state index in [0.717, 1.165) is 38.4 Å². The highest BCUT2D eigenvalue weighted by Gasteiger charge is 2.23. The van der Waals surface area contributed by atoms with Gasteiger partial charge in [-0.15, -0.1) is 11.8 Å². The zero-order chi connectivity index (χ0) is 35.7. The van der Waals surface area contributed by atoms with Crippen LogP contribution in [0.25, 0.3) is 17.4 Å². The lowest BCUT2D eigenvalue weighted by Crippen LogP contribution is -2.30. The number of hydrogen-bond acceptors (Lipinski definition) is 5. The summed E-state index contributed by atoms with van der Waals surface area (Å²) in [4.78, 5) is 41.3. The molecule has 0 bridgehead atoms. The summed E-state index contributed by atoms with van der Waals surface area (Å²) >= 11 is 1.42. The Hall–Kier alpha value is -6.12. The highest BCUT2D eigenvalue weighted by Crippen LogP contribution is 2.37. The van der Waals surface area contributed by atoms with Crippen molar-refractivity contribution >= 4 is 46.9 Å². The van der Waals surface area contributed by atoms with Gasteiger partial charge in [0.2, 0.25) is 5.91 Å². The second-order valence-corrected chi connectivity index (χ2v) is 13.3. The predicted molar refractivity (Wildman–Crippen MR) is 205 cm³/mol. The summed E-state index contributed by atoms with van der Waals surface area (Å²) < 4.78 is 6.04. The van der Waals surface area contributed by atoms with Crippen LogP contribution in [0.4, 0.5) is 11.4 Å². The van der Waals surface area contributed by atoms with Crippen LogP contribution in [0.2, 0.25) is 0 Å². The van der Waals surface area contributed by atoms with E-state index in [-0.39, 0.29) is 11.6 Å². The lowest BCUT2D eigenvalue weighted by molar-refractivity contribution is -0.116. The summed E-state index contributed by atoms with van der Waals surface area (Å²) in [6.45, 7) is 6.01. The maximum atomic E-state index is 13.7. The summed E-state index contributed by atoms with van der Waals surface area (Å²) in [5.74, 6) is -0.0482. The van der Waals surface area contributed by atoms with Gasteiger partial charge in [-0.1, -0.05) is 96.1 Å². The summed E-state index contributed by atoms with van der Waals surface area (Å²) in [5, 5.41) is 8.23. The van der Waals surface area contributed by atoms with Crippen molar-refractivity contribution in [3.8, 4) is 11.3 Å². The summed E-state index contributed by atoms with van der Waals surface area (Å²) in [5.41, 5.74) is 6.73. The quantitative estimate of drug-likeness (QED) is 0.0928. The zero-order valence-corrected chi connectivity index (χ0v) is 29.3. The number of thioether (sulfide) groups is 1. The Morgan fingerprint density at radius 2 is 1.35 bits per heavy atom. The van der Waals surface area contributed by atoms with Crippen molar-refractivity contribution in [1.82, 2.24) is 5.32 Å². The van der Waals surface area contributed by atoms with Crippen LogP contribution in [0.5, 0.6) is 0 Å². The van der Waals surface area contributed by atoms with Gasteiger partial charge in [0.05, 0.1) is 0 Å². The normalized spacial score (nSPS) is 11.8. The molecule has 0 aliphatic carbocycles. The Kier molecular flexibility index (Phi) is 10.9. The molecule has 0 spiro atoms. The second-order valence-electron chi connectivity index (χ2n) is 12.1. The maximum absolute atomic E-state index is 13.7. The number of anilines is 2. The van der Waals surface area contributed by atoms with E-state index in [4.69, 9.17) is 4.42 Å². The molecule has 5 aromatic carbocycles. The van der Waals surface area contributed by atoms with Gasteiger partial charge < -0.3 is 20.4 Å². The minimum Gasteiger partial charge on any atom is -0.457 e. The van der Waals surface area contributed by atoms with Gasteiger partial charge in [0, 0.05) is 33.5 Å². The van der Waals surface area contributed by atoms with Crippen LogP contribution >= 0.6 is 11.8 Å². The Balaban J connectivity index is 1.20.